The van der Waals surface area contributed by atoms with Gasteiger partial charge in [0.2, 0.25) is 0 Å². The zero-order valence-electron chi connectivity index (χ0n) is 14.5. The van der Waals surface area contributed by atoms with Gasteiger partial charge in [-0.2, -0.15) is 0 Å². The van der Waals surface area contributed by atoms with Gasteiger partial charge in [0.1, 0.15) is 5.78 Å². The number of carbonyl (C=O) groups is 3. The van der Waals surface area contributed by atoms with Crippen LogP contribution in [-0.4, -0.2) is 48.9 Å². The van der Waals surface area contributed by atoms with E-state index in [1.807, 2.05) is 6.92 Å². The lowest BCUT2D eigenvalue weighted by Crippen LogP contribution is -2.45. The second-order valence-corrected chi connectivity index (χ2v) is 6.01. The van der Waals surface area contributed by atoms with E-state index < -0.39 is 35.9 Å². The lowest BCUT2D eigenvalue weighted by Gasteiger charge is -2.36. The molecule has 7 nitrogen and oxygen atoms in total. The average molecular weight is 342 g/mol. The van der Waals surface area contributed by atoms with Gasteiger partial charge in [-0.15, -0.1) is 0 Å². The smallest absolute Gasteiger partial charge is 0.338 e. The average Bonchev–Trinajstić information content (AvgIpc) is 2.97. The Balaban J connectivity index is 2.28. The summed E-state index contributed by atoms with van der Waals surface area (Å²) >= 11 is 0. The van der Waals surface area contributed by atoms with Gasteiger partial charge in [-0.25, -0.2) is 9.59 Å². The first-order valence-electron chi connectivity index (χ1n) is 8.70. The molecule has 0 radical (unpaired) electrons. The fourth-order valence-corrected chi connectivity index (χ4v) is 3.40. The summed E-state index contributed by atoms with van der Waals surface area (Å²) in [6.45, 7) is 5.48. The summed E-state index contributed by atoms with van der Waals surface area (Å²) < 4.78 is 21.8. The fourth-order valence-electron chi connectivity index (χ4n) is 3.40. The van der Waals surface area contributed by atoms with E-state index in [9.17, 15) is 14.4 Å². The van der Waals surface area contributed by atoms with Crippen LogP contribution < -0.4 is 0 Å². The van der Waals surface area contributed by atoms with Gasteiger partial charge < -0.3 is 18.9 Å². The van der Waals surface area contributed by atoms with Crippen molar-refractivity contribution >= 4 is 17.7 Å². The molecule has 1 heterocycles. The molecule has 1 saturated carbocycles. The lowest BCUT2D eigenvalue weighted by atomic mass is 9.81. The van der Waals surface area contributed by atoms with Gasteiger partial charge >= 0.3 is 11.9 Å². The zero-order valence-corrected chi connectivity index (χ0v) is 14.5. The molecular weight excluding hydrogens is 316 g/mol. The Morgan fingerprint density at radius 1 is 1.04 bits per heavy atom. The van der Waals surface area contributed by atoms with Crippen molar-refractivity contribution < 1.29 is 33.3 Å². The maximum absolute atomic E-state index is 12.4. The van der Waals surface area contributed by atoms with Crippen LogP contribution in [-0.2, 0) is 33.3 Å². The summed E-state index contributed by atoms with van der Waals surface area (Å²) in [6.07, 6.45) is 0.758. The maximum atomic E-state index is 12.4. The van der Waals surface area contributed by atoms with Gasteiger partial charge in [0.25, 0.3) is 0 Å². The predicted octanol–water partition coefficient (Wildman–Crippen LogP) is 1.76. The number of ketones is 1. The summed E-state index contributed by atoms with van der Waals surface area (Å²) in [4.78, 5) is 36.8. The van der Waals surface area contributed by atoms with E-state index in [1.54, 1.807) is 13.8 Å². The Kier molecular flexibility index (Phi) is 6.34. The quantitative estimate of drug-likeness (QED) is 0.680. The van der Waals surface area contributed by atoms with Crippen molar-refractivity contribution in [1.82, 2.24) is 0 Å². The van der Waals surface area contributed by atoms with Crippen LogP contribution in [0.15, 0.2) is 0 Å². The Bertz CT molecular complexity index is 461. The van der Waals surface area contributed by atoms with E-state index in [1.165, 1.54) is 0 Å². The normalized spacial score (nSPS) is 29.3. The molecule has 2 fully saturated rings. The number of hydrogen-bond donors (Lipinski definition) is 0. The molecule has 0 aromatic carbocycles. The molecule has 7 heteroatoms. The van der Waals surface area contributed by atoms with E-state index in [4.69, 9.17) is 18.9 Å². The minimum atomic E-state index is -1.27. The number of esters is 2. The Hall–Kier alpha value is -1.47. The van der Waals surface area contributed by atoms with Crippen molar-refractivity contribution in [1.29, 1.82) is 0 Å². The number of ether oxygens (including phenoxy) is 4. The molecule has 2 rings (SSSR count). The molecule has 24 heavy (non-hydrogen) atoms. The summed E-state index contributed by atoms with van der Waals surface area (Å²) in [5.74, 6) is -3.04. The molecule has 0 unspecified atom stereocenters. The number of hydrogen-bond acceptors (Lipinski definition) is 7. The van der Waals surface area contributed by atoms with E-state index >= 15 is 0 Å². The molecule has 0 amide bonds. The summed E-state index contributed by atoms with van der Waals surface area (Å²) in [5.41, 5.74) is 0. The molecular formula is C17H26O7. The van der Waals surface area contributed by atoms with Crippen molar-refractivity contribution in [3.63, 3.8) is 0 Å². The Morgan fingerprint density at radius 3 is 2.00 bits per heavy atom. The monoisotopic (exact) mass is 342 g/mol. The zero-order chi connectivity index (χ0) is 17.7. The van der Waals surface area contributed by atoms with Crippen molar-refractivity contribution in [3.8, 4) is 0 Å². The van der Waals surface area contributed by atoms with Gasteiger partial charge in [-0.1, -0.05) is 13.3 Å². The number of Topliss-reactive ketones (excluding diaryl/α,β-unsaturated/α-hetero) is 1. The number of carbonyl (C=O) groups excluding carboxylic acids is 3. The first-order valence-corrected chi connectivity index (χ1v) is 8.70. The van der Waals surface area contributed by atoms with Gasteiger partial charge in [0.05, 0.1) is 19.1 Å². The third kappa shape index (κ3) is 3.62. The van der Waals surface area contributed by atoms with Gasteiger partial charge in [-0.3, -0.25) is 4.79 Å². The molecule has 3 atom stereocenters. The van der Waals surface area contributed by atoms with Crippen LogP contribution in [0.25, 0.3) is 0 Å². The van der Waals surface area contributed by atoms with Crippen molar-refractivity contribution in [3.05, 3.63) is 0 Å². The highest BCUT2D eigenvalue weighted by atomic mass is 16.8. The topological polar surface area (TPSA) is 88.1 Å². The second kappa shape index (κ2) is 8.07. The summed E-state index contributed by atoms with van der Waals surface area (Å²) in [5, 5.41) is 0. The molecule has 2 aliphatic rings. The molecule has 0 aromatic rings. The van der Waals surface area contributed by atoms with E-state index in [2.05, 4.69) is 0 Å². The van der Waals surface area contributed by atoms with Crippen LogP contribution >= 0.6 is 0 Å². The minimum absolute atomic E-state index is 0.0511. The highest BCUT2D eigenvalue weighted by Crippen LogP contribution is 2.43. The first-order chi connectivity index (χ1) is 11.5. The van der Waals surface area contributed by atoms with Gasteiger partial charge in [0.15, 0.2) is 18.0 Å². The van der Waals surface area contributed by atoms with Crippen LogP contribution in [0.1, 0.15) is 52.9 Å². The first kappa shape index (κ1) is 18.9. The Labute approximate surface area is 142 Å². The number of rotatable bonds is 6. The van der Waals surface area contributed by atoms with Crippen LogP contribution in [0.4, 0.5) is 0 Å². The van der Waals surface area contributed by atoms with Gasteiger partial charge in [-0.05, 0) is 33.1 Å². The molecule has 0 aromatic heterocycles. The molecule has 0 N–H and O–H groups in total. The standard InChI is InChI=1S/C17H26O7/c1-4-17(11-9-7-8-10-12(11)18)23-13(15(19)21-5-2)14(24-17)16(20)22-6-3/h11,13-14H,4-10H2,1-3H3/t11-,13+,14+/m0/s1. The second-order valence-electron chi connectivity index (χ2n) is 6.01. The lowest BCUT2D eigenvalue weighted by molar-refractivity contribution is -0.220. The highest BCUT2D eigenvalue weighted by Gasteiger charge is 2.58. The van der Waals surface area contributed by atoms with Crippen molar-refractivity contribution in [2.45, 2.75) is 70.9 Å². The van der Waals surface area contributed by atoms with Crippen LogP contribution in [0.2, 0.25) is 0 Å². The van der Waals surface area contributed by atoms with Gasteiger partial charge in [0, 0.05) is 6.42 Å². The van der Waals surface area contributed by atoms with Crippen molar-refractivity contribution in [2.24, 2.45) is 5.92 Å². The minimum Gasteiger partial charge on any atom is -0.464 e. The van der Waals surface area contributed by atoms with Crippen LogP contribution in [0.5, 0.6) is 0 Å². The molecule has 1 aliphatic heterocycles. The third-order valence-corrected chi connectivity index (χ3v) is 4.54. The largest absolute Gasteiger partial charge is 0.464 e. The molecule has 1 saturated heterocycles. The fraction of sp³-hybridized carbons (Fsp3) is 0.824. The van der Waals surface area contributed by atoms with Crippen LogP contribution in [0.3, 0.4) is 0 Å². The highest BCUT2D eigenvalue weighted by molar-refractivity contribution is 5.87. The van der Waals surface area contributed by atoms with E-state index in [0.29, 0.717) is 19.3 Å². The molecule has 1 aliphatic carbocycles. The molecule has 0 bridgehead atoms. The maximum Gasteiger partial charge on any atom is 0.338 e. The van der Waals surface area contributed by atoms with E-state index in [-0.39, 0.29) is 19.0 Å². The SMILES string of the molecule is CCOC(=O)[C@@H]1OC(CC)([C@H]2CCCCC2=O)O[C@H]1C(=O)OCC. The van der Waals surface area contributed by atoms with E-state index in [0.717, 1.165) is 12.8 Å². The Morgan fingerprint density at radius 2 is 1.58 bits per heavy atom. The van der Waals surface area contributed by atoms with Crippen LogP contribution in [0, 0.1) is 5.92 Å². The summed E-state index contributed by atoms with van der Waals surface area (Å²) in [7, 11) is 0. The summed E-state index contributed by atoms with van der Waals surface area (Å²) in [6, 6.07) is 0. The van der Waals surface area contributed by atoms with Crippen molar-refractivity contribution in [2.75, 3.05) is 13.2 Å². The molecule has 136 valence electrons. The predicted molar refractivity (Wildman–Crippen MR) is 83.0 cm³/mol. The molecule has 0 spiro atoms. The third-order valence-electron chi connectivity index (χ3n) is 4.54.